The minimum absolute atomic E-state index is 0.0152. The maximum Gasteiger partial charge on any atom is 0.251 e. The summed E-state index contributed by atoms with van der Waals surface area (Å²) in [6, 6.07) is 5.94. The third-order valence-corrected chi connectivity index (χ3v) is 7.68. The van der Waals surface area contributed by atoms with Crippen molar-refractivity contribution in [3.8, 4) is 0 Å². The summed E-state index contributed by atoms with van der Waals surface area (Å²) in [5.74, 6) is 0.0810. The van der Waals surface area contributed by atoms with Crippen LogP contribution in [0, 0.1) is 16.7 Å². The van der Waals surface area contributed by atoms with Crippen molar-refractivity contribution < 1.29 is 9.59 Å². The van der Waals surface area contributed by atoms with E-state index in [4.69, 9.17) is 0 Å². The molecule has 30 heavy (non-hydrogen) atoms. The van der Waals surface area contributed by atoms with Gasteiger partial charge in [-0.15, -0.1) is 0 Å². The van der Waals surface area contributed by atoms with Gasteiger partial charge >= 0.3 is 0 Å². The number of fused-ring (bicyclic) bond motifs is 1. The Bertz CT molecular complexity index is 807. The molecule has 2 N–H and O–H groups in total. The van der Waals surface area contributed by atoms with E-state index in [-0.39, 0.29) is 39.6 Å². The zero-order chi connectivity index (χ0) is 23.1. The first-order chi connectivity index (χ1) is 13.4. The molecule has 2 rings (SSSR count). The van der Waals surface area contributed by atoms with E-state index in [1.54, 1.807) is 0 Å². The molecule has 1 aliphatic carbocycles. The van der Waals surface area contributed by atoms with Gasteiger partial charge in [-0.05, 0) is 81.0 Å². The molecule has 0 spiro atoms. The topological polar surface area (TPSA) is 58.2 Å². The highest BCUT2D eigenvalue weighted by Crippen LogP contribution is 2.33. The Labute approximate surface area is 183 Å². The van der Waals surface area contributed by atoms with Gasteiger partial charge in [0, 0.05) is 22.6 Å². The zero-order valence-electron chi connectivity index (χ0n) is 20.7. The van der Waals surface area contributed by atoms with Crippen LogP contribution < -0.4 is 10.6 Å². The number of carbonyl (C=O) groups excluding carboxylic acids is 2. The Kier molecular flexibility index (Phi) is 6.53. The second kappa shape index (κ2) is 8.01. The molecule has 1 aromatic carbocycles. The molecule has 0 saturated heterocycles. The highest BCUT2D eigenvalue weighted by Gasteiger charge is 2.37. The Balaban J connectivity index is 2.11. The van der Waals surface area contributed by atoms with E-state index < -0.39 is 0 Å². The quantitative estimate of drug-likeness (QED) is 0.703. The van der Waals surface area contributed by atoms with E-state index in [1.807, 2.05) is 18.2 Å². The van der Waals surface area contributed by atoms with E-state index in [0.717, 1.165) is 19.3 Å². The van der Waals surface area contributed by atoms with Gasteiger partial charge in [-0.3, -0.25) is 9.59 Å². The molecule has 0 saturated carbocycles. The number of rotatable bonds is 4. The van der Waals surface area contributed by atoms with Crippen molar-refractivity contribution in [3.63, 3.8) is 0 Å². The van der Waals surface area contributed by atoms with Crippen molar-refractivity contribution in [2.75, 3.05) is 0 Å². The third kappa shape index (κ3) is 5.25. The van der Waals surface area contributed by atoms with Gasteiger partial charge in [-0.25, -0.2) is 0 Å². The van der Waals surface area contributed by atoms with Crippen molar-refractivity contribution in [2.45, 2.75) is 99.6 Å². The molecule has 0 heterocycles. The molecular formula is C26H42N2O2. The van der Waals surface area contributed by atoms with Crippen LogP contribution in [0.25, 0.3) is 0 Å². The number of aryl methyl sites for hydroxylation is 1. The number of hydrogen-bond acceptors (Lipinski definition) is 2. The van der Waals surface area contributed by atoms with Crippen molar-refractivity contribution in [1.29, 1.82) is 0 Å². The molecular weight excluding hydrogens is 372 g/mol. The lowest BCUT2D eigenvalue weighted by atomic mass is 9.75. The summed E-state index contributed by atoms with van der Waals surface area (Å²) in [5, 5.41) is 6.45. The Morgan fingerprint density at radius 1 is 0.800 bits per heavy atom. The van der Waals surface area contributed by atoms with Crippen LogP contribution in [0.4, 0.5) is 0 Å². The summed E-state index contributed by atoms with van der Waals surface area (Å²) in [5.41, 5.74) is 2.42. The van der Waals surface area contributed by atoms with Gasteiger partial charge in [0.15, 0.2) is 0 Å². The average Bonchev–Trinajstić information content (AvgIpc) is 2.58. The predicted octanol–water partition coefficient (Wildman–Crippen LogP) is 5.29. The standard InChI is InChI=1S/C26H42N2O2/c1-23(2,3)25(7,8)27-21(29)19-13-11-18-16-20(14-12-17(18)15-19)22(30)28-26(9,10)24(4,5)6/h11,13,15,20H,12,14,16H2,1-10H3,(H,27,29)(H,28,30). The van der Waals surface area contributed by atoms with Crippen LogP contribution >= 0.6 is 0 Å². The smallest absolute Gasteiger partial charge is 0.251 e. The summed E-state index contributed by atoms with van der Waals surface area (Å²) in [6.07, 6.45) is 2.38. The molecule has 4 heteroatoms. The molecule has 0 radical (unpaired) electrons. The van der Waals surface area contributed by atoms with E-state index in [2.05, 4.69) is 79.9 Å². The van der Waals surface area contributed by atoms with Crippen LogP contribution in [0.5, 0.6) is 0 Å². The minimum Gasteiger partial charge on any atom is -0.350 e. The Morgan fingerprint density at radius 3 is 1.87 bits per heavy atom. The van der Waals surface area contributed by atoms with Crippen molar-refractivity contribution >= 4 is 11.8 Å². The highest BCUT2D eigenvalue weighted by molar-refractivity contribution is 5.95. The summed E-state index contributed by atoms with van der Waals surface area (Å²) in [4.78, 5) is 25.8. The van der Waals surface area contributed by atoms with Gasteiger partial charge in [0.25, 0.3) is 5.91 Å². The van der Waals surface area contributed by atoms with Gasteiger partial charge < -0.3 is 10.6 Å². The first-order valence-corrected chi connectivity index (χ1v) is 11.2. The van der Waals surface area contributed by atoms with Gasteiger partial charge in [0.2, 0.25) is 5.91 Å². The fourth-order valence-corrected chi connectivity index (χ4v) is 3.26. The van der Waals surface area contributed by atoms with Crippen molar-refractivity contribution in [1.82, 2.24) is 10.6 Å². The summed E-state index contributed by atoms with van der Waals surface area (Å²) in [7, 11) is 0. The molecule has 1 atom stereocenters. The SMILES string of the molecule is CC(C)(C)C(C)(C)NC(=O)c1ccc2c(c1)CCC(C(=O)NC(C)(C)C(C)(C)C)C2. The Morgan fingerprint density at radius 2 is 1.33 bits per heavy atom. The van der Waals surface area contributed by atoms with E-state index in [1.165, 1.54) is 11.1 Å². The maximum absolute atomic E-state index is 12.9. The zero-order valence-corrected chi connectivity index (χ0v) is 20.7. The molecule has 0 fully saturated rings. The predicted molar refractivity (Wildman–Crippen MR) is 125 cm³/mol. The van der Waals surface area contributed by atoms with E-state index >= 15 is 0 Å². The van der Waals surface area contributed by atoms with Crippen LogP contribution in [0.2, 0.25) is 0 Å². The van der Waals surface area contributed by atoms with Gasteiger partial charge in [-0.1, -0.05) is 47.6 Å². The molecule has 2 amide bonds. The molecule has 0 aliphatic heterocycles. The first kappa shape index (κ1) is 24.4. The minimum atomic E-state index is -0.316. The summed E-state index contributed by atoms with van der Waals surface area (Å²) in [6.45, 7) is 21.1. The number of amides is 2. The number of hydrogen-bond donors (Lipinski definition) is 2. The third-order valence-electron chi connectivity index (χ3n) is 7.68. The molecule has 1 aromatic rings. The molecule has 0 aromatic heterocycles. The largest absolute Gasteiger partial charge is 0.350 e. The van der Waals surface area contributed by atoms with Gasteiger partial charge in [-0.2, -0.15) is 0 Å². The maximum atomic E-state index is 12.9. The second-order valence-electron chi connectivity index (χ2n) is 12.1. The van der Waals surface area contributed by atoms with Crippen LogP contribution in [0.15, 0.2) is 18.2 Å². The summed E-state index contributed by atoms with van der Waals surface area (Å²) >= 11 is 0. The monoisotopic (exact) mass is 414 g/mol. The average molecular weight is 415 g/mol. The van der Waals surface area contributed by atoms with E-state index in [9.17, 15) is 9.59 Å². The molecule has 1 unspecified atom stereocenters. The lowest BCUT2D eigenvalue weighted by molar-refractivity contribution is -0.128. The molecule has 0 bridgehead atoms. The van der Waals surface area contributed by atoms with Gasteiger partial charge in [0.1, 0.15) is 0 Å². The summed E-state index contributed by atoms with van der Waals surface area (Å²) < 4.78 is 0. The molecule has 1 aliphatic rings. The van der Waals surface area contributed by atoms with Crippen LogP contribution in [0.1, 0.15) is 97.1 Å². The Hall–Kier alpha value is -1.84. The second-order valence-corrected chi connectivity index (χ2v) is 12.1. The van der Waals surface area contributed by atoms with E-state index in [0.29, 0.717) is 5.56 Å². The fourth-order valence-electron chi connectivity index (χ4n) is 3.26. The van der Waals surface area contributed by atoms with Gasteiger partial charge in [0.05, 0.1) is 0 Å². The van der Waals surface area contributed by atoms with Crippen LogP contribution in [0.3, 0.4) is 0 Å². The number of benzene rings is 1. The van der Waals surface area contributed by atoms with Crippen molar-refractivity contribution in [2.24, 2.45) is 16.7 Å². The highest BCUT2D eigenvalue weighted by atomic mass is 16.2. The normalized spacial score (nSPS) is 17.9. The van der Waals surface area contributed by atoms with Crippen molar-refractivity contribution in [3.05, 3.63) is 34.9 Å². The lowest BCUT2D eigenvalue weighted by Crippen LogP contribution is -2.54. The number of nitrogens with one attached hydrogen (secondary N) is 2. The molecule has 168 valence electrons. The number of carbonyl (C=O) groups is 2. The van der Waals surface area contributed by atoms with Crippen LogP contribution in [-0.2, 0) is 17.6 Å². The molecule has 4 nitrogen and oxygen atoms in total. The fraction of sp³-hybridized carbons (Fsp3) is 0.692. The van der Waals surface area contributed by atoms with Crippen LogP contribution in [-0.4, -0.2) is 22.9 Å². The first-order valence-electron chi connectivity index (χ1n) is 11.2. The lowest BCUT2D eigenvalue weighted by Gasteiger charge is -2.41.